The van der Waals surface area contributed by atoms with Gasteiger partial charge in [-0.05, 0) is 31.6 Å². The highest BCUT2D eigenvalue weighted by Gasteiger charge is 2.28. The molecular weight excluding hydrogens is 268 g/mol. The minimum atomic E-state index is 0.0535. The molecule has 0 aromatic heterocycles. The molecule has 0 bridgehead atoms. The lowest BCUT2D eigenvalue weighted by Crippen LogP contribution is -2.45. The van der Waals surface area contributed by atoms with Gasteiger partial charge in [-0.3, -0.25) is 9.69 Å². The van der Waals surface area contributed by atoms with E-state index in [4.69, 9.17) is 4.74 Å². The summed E-state index contributed by atoms with van der Waals surface area (Å²) in [7, 11) is 0. The number of carbonyl (C=O) groups excluding carboxylic acids is 1. The molecule has 122 valence electrons. The Hall–Kier alpha value is -0.650. The molecule has 0 unspecified atom stereocenters. The number of carbonyl (C=O) groups is 1. The minimum Gasteiger partial charge on any atom is -0.395 e. The van der Waals surface area contributed by atoms with Gasteiger partial charge in [-0.2, -0.15) is 0 Å². The van der Waals surface area contributed by atoms with E-state index in [0.717, 1.165) is 71.0 Å². The second-order valence-electron chi connectivity index (χ2n) is 6.46. The quantitative estimate of drug-likeness (QED) is 0.794. The van der Waals surface area contributed by atoms with Crippen LogP contribution in [0, 0.1) is 11.8 Å². The van der Waals surface area contributed by atoms with Crippen molar-refractivity contribution in [3.8, 4) is 0 Å². The van der Waals surface area contributed by atoms with Gasteiger partial charge in [0.15, 0.2) is 0 Å². The zero-order chi connectivity index (χ0) is 15.1. The second-order valence-corrected chi connectivity index (χ2v) is 6.46. The maximum absolute atomic E-state index is 12.6. The van der Waals surface area contributed by atoms with E-state index in [9.17, 15) is 9.90 Å². The van der Waals surface area contributed by atoms with Crippen LogP contribution in [-0.4, -0.2) is 73.4 Å². The topological polar surface area (TPSA) is 53.0 Å². The summed E-state index contributed by atoms with van der Waals surface area (Å²) in [6, 6.07) is 0. The Morgan fingerprint density at radius 2 is 1.86 bits per heavy atom. The Morgan fingerprint density at radius 1 is 1.19 bits per heavy atom. The molecule has 1 heterocycles. The number of aliphatic hydroxyl groups is 1. The van der Waals surface area contributed by atoms with Crippen LogP contribution in [-0.2, 0) is 9.53 Å². The molecule has 5 nitrogen and oxygen atoms in total. The van der Waals surface area contributed by atoms with Gasteiger partial charge in [-0.15, -0.1) is 0 Å². The van der Waals surface area contributed by atoms with Crippen LogP contribution in [0.25, 0.3) is 0 Å². The molecule has 0 aromatic rings. The van der Waals surface area contributed by atoms with Crippen molar-refractivity contribution >= 4 is 5.91 Å². The van der Waals surface area contributed by atoms with Gasteiger partial charge in [0.05, 0.1) is 19.8 Å². The van der Waals surface area contributed by atoms with Gasteiger partial charge < -0.3 is 14.7 Å². The van der Waals surface area contributed by atoms with Crippen molar-refractivity contribution in [2.75, 3.05) is 52.5 Å². The summed E-state index contributed by atoms with van der Waals surface area (Å²) < 4.78 is 5.34. The highest BCUT2D eigenvalue weighted by Crippen LogP contribution is 2.29. The molecule has 0 radical (unpaired) electrons. The molecule has 1 aliphatic heterocycles. The van der Waals surface area contributed by atoms with Crippen molar-refractivity contribution in [3.63, 3.8) is 0 Å². The first kappa shape index (κ1) is 16.7. The van der Waals surface area contributed by atoms with Crippen LogP contribution >= 0.6 is 0 Å². The van der Waals surface area contributed by atoms with E-state index in [2.05, 4.69) is 11.8 Å². The van der Waals surface area contributed by atoms with E-state index in [1.54, 1.807) is 0 Å². The Bertz CT molecular complexity index is 311. The van der Waals surface area contributed by atoms with Gasteiger partial charge in [-0.25, -0.2) is 0 Å². The average Bonchev–Trinajstić information content (AvgIpc) is 2.52. The summed E-state index contributed by atoms with van der Waals surface area (Å²) in [5, 5.41) is 9.24. The van der Waals surface area contributed by atoms with Crippen LogP contribution in [0.15, 0.2) is 0 Å². The normalized spacial score (nSPS) is 27.5. The summed E-state index contributed by atoms with van der Waals surface area (Å²) in [4.78, 5) is 16.8. The number of ether oxygens (including phenoxy) is 1. The first-order valence-corrected chi connectivity index (χ1v) is 8.40. The van der Waals surface area contributed by atoms with Crippen molar-refractivity contribution in [1.82, 2.24) is 9.80 Å². The maximum Gasteiger partial charge on any atom is 0.225 e. The lowest BCUT2D eigenvalue weighted by molar-refractivity contribution is -0.137. The Kier molecular flexibility index (Phi) is 6.93. The van der Waals surface area contributed by atoms with Crippen molar-refractivity contribution in [3.05, 3.63) is 0 Å². The third-order valence-corrected chi connectivity index (χ3v) is 4.84. The van der Waals surface area contributed by atoms with E-state index < -0.39 is 0 Å². The van der Waals surface area contributed by atoms with Crippen molar-refractivity contribution in [2.45, 2.75) is 32.6 Å². The van der Waals surface area contributed by atoms with Gasteiger partial charge in [0.2, 0.25) is 5.91 Å². The molecule has 5 heteroatoms. The fraction of sp³-hybridized carbons (Fsp3) is 0.938. The lowest BCUT2D eigenvalue weighted by Gasteiger charge is -2.33. The fourth-order valence-corrected chi connectivity index (χ4v) is 3.31. The van der Waals surface area contributed by atoms with E-state index in [1.807, 2.05) is 4.90 Å². The summed E-state index contributed by atoms with van der Waals surface area (Å²) in [5.74, 6) is 1.19. The lowest BCUT2D eigenvalue weighted by atomic mass is 9.82. The van der Waals surface area contributed by atoms with E-state index in [1.165, 1.54) is 0 Å². The third-order valence-electron chi connectivity index (χ3n) is 4.84. The Balaban J connectivity index is 1.80. The fourth-order valence-electron chi connectivity index (χ4n) is 3.31. The largest absolute Gasteiger partial charge is 0.395 e. The second kappa shape index (κ2) is 8.71. The van der Waals surface area contributed by atoms with Gasteiger partial charge in [-0.1, -0.05) is 6.92 Å². The number of morpholine rings is 1. The molecule has 0 atom stereocenters. The molecule has 0 aromatic carbocycles. The van der Waals surface area contributed by atoms with Gasteiger partial charge in [0.25, 0.3) is 0 Å². The van der Waals surface area contributed by atoms with Gasteiger partial charge in [0.1, 0.15) is 0 Å². The predicted octanol–water partition coefficient (Wildman–Crippen LogP) is 0.966. The van der Waals surface area contributed by atoms with Crippen LogP contribution in [0.4, 0.5) is 0 Å². The average molecular weight is 298 g/mol. The molecule has 1 aliphatic carbocycles. The third kappa shape index (κ3) is 5.24. The molecule has 1 saturated heterocycles. The monoisotopic (exact) mass is 298 g/mol. The van der Waals surface area contributed by atoms with Crippen LogP contribution in [0.1, 0.15) is 32.6 Å². The predicted molar refractivity (Wildman–Crippen MR) is 82.0 cm³/mol. The summed E-state index contributed by atoms with van der Waals surface area (Å²) in [5.41, 5.74) is 0. The van der Waals surface area contributed by atoms with Crippen molar-refractivity contribution < 1.29 is 14.6 Å². The van der Waals surface area contributed by atoms with Crippen molar-refractivity contribution in [1.29, 1.82) is 0 Å². The minimum absolute atomic E-state index is 0.0535. The summed E-state index contributed by atoms with van der Waals surface area (Å²) in [6.45, 7) is 7.87. The van der Waals surface area contributed by atoms with Crippen molar-refractivity contribution in [2.24, 2.45) is 11.8 Å². The number of rotatable bonds is 6. The standard InChI is InChI=1S/C16H30N2O3/c1-14-2-4-15(5-3-14)16(20)18(8-11-19)7-6-17-9-12-21-13-10-17/h14-15,19H,2-13H2,1H3. The number of hydrogen-bond donors (Lipinski definition) is 1. The molecule has 1 N–H and O–H groups in total. The number of amides is 1. The van der Waals surface area contributed by atoms with E-state index in [-0.39, 0.29) is 18.4 Å². The van der Waals surface area contributed by atoms with Crippen LogP contribution in [0.3, 0.4) is 0 Å². The molecule has 21 heavy (non-hydrogen) atoms. The summed E-state index contributed by atoms with van der Waals surface area (Å²) >= 11 is 0. The maximum atomic E-state index is 12.6. The molecule has 1 amide bonds. The van der Waals surface area contributed by atoms with Crippen LogP contribution in [0.5, 0.6) is 0 Å². The van der Waals surface area contributed by atoms with E-state index >= 15 is 0 Å². The molecular formula is C16H30N2O3. The molecule has 2 rings (SSSR count). The van der Waals surface area contributed by atoms with E-state index in [0.29, 0.717) is 6.54 Å². The smallest absolute Gasteiger partial charge is 0.225 e. The zero-order valence-electron chi connectivity index (χ0n) is 13.3. The first-order valence-electron chi connectivity index (χ1n) is 8.40. The van der Waals surface area contributed by atoms with Crippen LogP contribution in [0.2, 0.25) is 0 Å². The first-order chi connectivity index (χ1) is 10.2. The highest BCUT2D eigenvalue weighted by molar-refractivity contribution is 5.79. The Labute approximate surface area is 128 Å². The van der Waals surface area contributed by atoms with Crippen LogP contribution < -0.4 is 0 Å². The number of nitrogens with zero attached hydrogens (tertiary/aromatic N) is 2. The molecule has 2 fully saturated rings. The SMILES string of the molecule is CC1CCC(C(=O)N(CCO)CCN2CCOCC2)CC1. The number of aliphatic hydroxyl groups excluding tert-OH is 1. The number of hydrogen-bond acceptors (Lipinski definition) is 4. The molecule has 0 spiro atoms. The van der Waals surface area contributed by atoms with Gasteiger partial charge in [0, 0.05) is 38.6 Å². The summed E-state index contributed by atoms with van der Waals surface area (Å²) in [6.07, 6.45) is 4.35. The highest BCUT2D eigenvalue weighted by atomic mass is 16.5. The molecule has 2 aliphatic rings. The zero-order valence-corrected chi connectivity index (χ0v) is 13.3. The van der Waals surface area contributed by atoms with Gasteiger partial charge >= 0.3 is 0 Å². The Morgan fingerprint density at radius 3 is 2.48 bits per heavy atom. The molecule has 1 saturated carbocycles.